The first kappa shape index (κ1) is 34.2. The van der Waals surface area contributed by atoms with Crippen LogP contribution >= 0.6 is 0 Å². The molecular formula is C36H52N4O6. The summed E-state index contributed by atoms with van der Waals surface area (Å²) in [6.07, 6.45) is 2.85. The lowest BCUT2D eigenvalue weighted by Gasteiger charge is -2.34. The summed E-state index contributed by atoms with van der Waals surface area (Å²) in [7, 11) is 3.27. The summed E-state index contributed by atoms with van der Waals surface area (Å²) in [6, 6.07) is 13.9. The third-order valence-electron chi connectivity index (χ3n) is 9.35. The van der Waals surface area contributed by atoms with Crippen LogP contribution in [0.3, 0.4) is 0 Å². The number of methoxy groups -OCH3 is 2. The molecule has 3 fully saturated rings. The summed E-state index contributed by atoms with van der Waals surface area (Å²) in [5, 5.41) is 3.56. The lowest BCUT2D eigenvalue weighted by Crippen LogP contribution is -2.45. The highest BCUT2D eigenvalue weighted by Gasteiger charge is 2.39. The summed E-state index contributed by atoms with van der Waals surface area (Å²) in [5.74, 6) is 1.73. The molecule has 2 amide bonds. The first-order chi connectivity index (χ1) is 22.4. The molecule has 0 spiro atoms. The Bertz CT molecular complexity index is 1280. The number of rotatable bonds is 16. The number of benzene rings is 2. The Balaban J connectivity index is 1.23. The van der Waals surface area contributed by atoms with Gasteiger partial charge in [0.15, 0.2) is 11.5 Å². The van der Waals surface area contributed by atoms with Gasteiger partial charge >= 0.3 is 0 Å². The van der Waals surface area contributed by atoms with Gasteiger partial charge in [-0.1, -0.05) is 12.1 Å². The highest BCUT2D eigenvalue weighted by Crippen LogP contribution is 2.33. The molecule has 0 radical (unpaired) electrons. The van der Waals surface area contributed by atoms with Crippen molar-refractivity contribution in [2.24, 2.45) is 11.8 Å². The van der Waals surface area contributed by atoms with Crippen molar-refractivity contribution >= 4 is 11.8 Å². The number of morpholine rings is 1. The van der Waals surface area contributed by atoms with E-state index in [2.05, 4.69) is 41.1 Å². The van der Waals surface area contributed by atoms with Crippen molar-refractivity contribution in [2.45, 2.75) is 51.7 Å². The summed E-state index contributed by atoms with van der Waals surface area (Å²) in [6.45, 7) is 12.5. The number of nitrogens with one attached hydrogen (secondary N) is 1. The average Bonchev–Trinajstić information content (AvgIpc) is 3.82. The molecule has 46 heavy (non-hydrogen) atoms. The molecule has 2 aromatic carbocycles. The molecule has 0 bridgehead atoms. The number of carbonyl (C=O) groups is 2. The summed E-state index contributed by atoms with van der Waals surface area (Å²) in [4.78, 5) is 34.2. The van der Waals surface area contributed by atoms with Gasteiger partial charge in [0.1, 0.15) is 0 Å². The van der Waals surface area contributed by atoms with Crippen LogP contribution in [0.2, 0.25) is 0 Å². The van der Waals surface area contributed by atoms with Crippen molar-refractivity contribution in [2.75, 3.05) is 79.9 Å². The van der Waals surface area contributed by atoms with Gasteiger partial charge in [-0.3, -0.25) is 14.5 Å². The maximum Gasteiger partial charge on any atom is 0.254 e. The van der Waals surface area contributed by atoms with Crippen LogP contribution < -0.4 is 14.8 Å². The smallest absolute Gasteiger partial charge is 0.254 e. The zero-order valence-electron chi connectivity index (χ0n) is 28.0. The van der Waals surface area contributed by atoms with E-state index in [0.29, 0.717) is 49.4 Å². The predicted octanol–water partition coefficient (Wildman–Crippen LogP) is 3.93. The molecule has 2 aliphatic heterocycles. The molecule has 0 unspecified atom stereocenters. The van der Waals surface area contributed by atoms with Crippen molar-refractivity contribution < 1.29 is 28.5 Å². The van der Waals surface area contributed by atoms with Gasteiger partial charge in [-0.05, 0) is 74.4 Å². The number of amides is 2. The quantitative estimate of drug-likeness (QED) is 0.277. The van der Waals surface area contributed by atoms with E-state index in [4.69, 9.17) is 18.9 Å². The van der Waals surface area contributed by atoms with Gasteiger partial charge in [0, 0.05) is 89.2 Å². The van der Waals surface area contributed by atoms with Crippen molar-refractivity contribution in [1.82, 2.24) is 20.0 Å². The molecule has 0 aromatic heterocycles. The van der Waals surface area contributed by atoms with E-state index >= 15 is 0 Å². The van der Waals surface area contributed by atoms with Crippen LogP contribution in [0.25, 0.3) is 0 Å². The van der Waals surface area contributed by atoms with Crippen molar-refractivity contribution in [1.29, 1.82) is 0 Å². The Morgan fingerprint density at radius 3 is 2.26 bits per heavy atom. The Morgan fingerprint density at radius 2 is 1.61 bits per heavy atom. The largest absolute Gasteiger partial charge is 0.493 e. The Morgan fingerprint density at radius 1 is 0.913 bits per heavy atom. The zero-order chi connectivity index (χ0) is 32.5. The van der Waals surface area contributed by atoms with Crippen LogP contribution in [0.5, 0.6) is 11.5 Å². The van der Waals surface area contributed by atoms with Crippen molar-refractivity contribution in [3.8, 4) is 11.5 Å². The molecule has 10 heteroatoms. The number of ether oxygens (including phenoxy) is 4. The molecule has 10 nitrogen and oxygen atoms in total. The second-order valence-electron chi connectivity index (χ2n) is 13.1. The maximum atomic E-state index is 13.9. The summed E-state index contributed by atoms with van der Waals surface area (Å²) in [5.41, 5.74) is 2.54. The van der Waals surface area contributed by atoms with Crippen molar-refractivity contribution in [3.63, 3.8) is 0 Å². The van der Waals surface area contributed by atoms with Gasteiger partial charge in [0.25, 0.3) is 11.8 Å². The van der Waals surface area contributed by atoms with E-state index in [1.165, 1.54) is 5.56 Å². The van der Waals surface area contributed by atoms with Crippen LogP contribution in [0.1, 0.15) is 59.4 Å². The minimum Gasteiger partial charge on any atom is -0.493 e. The van der Waals surface area contributed by atoms with Crippen LogP contribution in [-0.2, 0) is 16.0 Å². The van der Waals surface area contributed by atoms with Gasteiger partial charge in [-0.15, -0.1) is 0 Å². The van der Waals surface area contributed by atoms with Gasteiger partial charge in [-0.25, -0.2) is 0 Å². The maximum absolute atomic E-state index is 13.9. The first-order valence-corrected chi connectivity index (χ1v) is 16.9. The van der Waals surface area contributed by atoms with Crippen LogP contribution in [0.15, 0.2) is 42.5 Å². The fraction of sp³-hybridized carbons (Fsp3) is 0.611. The highest BCUT2D eigenvalue weighted by molar-refractivity contribution is 5.95. The van der Waals surface area contributed by atoms with Gasteiger partial charge in [0.05, 0.1) is 26.9 Å². The second kappa shape index (κ2) is 16.6. The molecule has 1 aliphatic carbocycles. The van der Waals surface area contributed by atoms with Crippen LogP contribution in [0.4, 0.5) is 0 Å². The van der Waals surface area contributed by atoms with Crippen LogP contribution in [0, 0.1) is 11.8 Å². The van der Waals surface area contributed by atoms with Crippen molar-refractivity contribution in [3.05, 3.63) is 59.2 Å². The third kappa shape index (κ3) is 9.00. The normalized spacial score (nSPS) is 20.1. The third-order valence-corrected chi connectivity index (χ3v) is 9.35. The molecule has 1 N–H and O–H groups in total. The number of carbonyl (C=O) groups excluding carboxylic acids is 2. The molecule has 252 valence electrons. The Hall–Kier alpha value is -3.18. The van der Waals surface area contributed by atoms with E-state index in [0.717, 1.165) is 70.8 Å². The molecule has 2 saturated heterocycles. The van der Waals surface area contributed by atoms with E-state index in [1.807, 2.05) is 23.1 Å². The number of hydrogen-bond donors (Lipinski definition) is 1. The lowest BCUT2D eigenvalue weighted by atomic mass is 9.93. The van der Waals surface area contributed by atoms with E-state index in [9.17, 15) is 9.59 Å². The average molecular weight is 637 g/mol. The minimum atomic E-state index is -0.0302. The van der Waals surface area contributed by atoms with Gasteiger partial charge < -0.3 is 34.1 Å². The Kier molecular flexibility index (Phi) is 12.3. The minimum absolute atomic E-state index is 0.0130. The van der Waals surface area contributed by atoms with Gasteiger partial charge in [-0.2, -0.15) is 0 Å². The molecule has 2 atom stereocenters. The molecular weight excluding hydrogens is 584 g/mol. The topological polar surface area (TPSA) is 92.8 Å². The van der Waals surface area contributed by atoms with E-state index in [1.54, 1.807) is 26.4 Å². The van der Waals surface area contributed by atoms with E-state index in [-0.39, 0.29) is 29.7 Å². The summed E-state index contributed by atoms with van der Waals surface area (Å²) < 4.78 is 22.0. The SMILES string of the molecule is COCCCOc1cc(C(=O)N(C[C@@H]2CNC[C@H]2CN(C(=O)c2ccc(CN3CCOCC3)cc2)C2CC2)C(C)C)ccc1OC. The highest BCUT2D eigenvalue weighted by atomic mass is 16.5. The molecule has 1 saturated carbocycles. The summed E-state index contributed by atoms with van der Waals surface area (Å²) >= 11 is 0. The molecule has 5 rings (SSSR count). The molecule has 2 heterocycles. The van der Waals surface area contributed by atoms with E-state index < -0.39 is 0 Å². The molecule has 3 aliphatic rings. The predicted molar refractivity (Wildman–Crippen MR) is 178 cm³/mol. The molecule has 2 aromatic rings. The second-order valence-corrected chi connectivity index (χ2v) is 13.1. The number of nitrogens with zero attached hydrogens (tertiary/aromatic N) is 3. The fourth-order valence-corrected chi connectivity index (χ4v) is 6.44. The Labute approximate surface area is 274 Å². The van der Waals surface area contributed by atoms with Gasteiger partial charge in [0.2, 0.25) is 0 Å². The first-order valence-electron chi connectivity index (χ1n) is 16.9. The lowest BCUT2D eigenvalue weighted by molar-refractivity contribution is 0.0342. The standard InChI is InChI=1S/C36H52N4O6/c1-26(2)39(36(42)29-10-13-33(44-4)34(20-29)46-17-5-16-43-3)24-30-21-37-22-31(30)25-40(32-11-12-32)35(41)28-8-6-27(7-9-28)23-38-14-18-45-19-15-38/h6-10,13,20,26,30-32,37H,5,11-12,14-19,21-25H2,1-4H3/t30-,31-/m0/s1. The van der Waals surface area contributed by atoms with Crippen LogP contribution in [-0.4, -0.2) is 119 Å². The zero-order valence-corrected chi connectivity index (χ0v) is 28.0. The monoisotopic (exact) mass is 636 g/mol. The number of hydrogen-bond acceptors (Lipinski definition) is 8. The fourth-order valence-electron chi connectivity index (χ4n) is 6.44.